The third-order valence-corrected chi connectivity index (χ3v) is 3.85. The van der Waals surface area contributed by atoms with Crippen molar-refractivity contribution in [1.82, 2.24) is 0 Å². The molecule has 0 saturated heterocycles. The van der Waals surface area contributed by atoms with Crippen LogP contribution < -0.4 is 4.98 Å². The van der Waals surface area contributed by atoms with Gasteiger partial charge in [0.1, 0.15) is 6.07 Å². The van der Waals surface area contributed by atoms with Gasteiger partial charge in [-0.15, -0.1) is 0 Å². The van der Waals surface area contributed by atoms with Gasteiger partial charge < -0.3 is 5.11 Å². The van der Waals surface area contributed by atoms with Crippen LogP contribution >= 0.6 is 0 Å². The molecule has 0 spiro atoms. The summed E-state index contributed by atoms with van der Waals surface area (Å²) in [6, 6.07) is 24.0. The minimum atomic E-state index is -0.0723. The smallest absolute Gasteiger partial charge is 0.382 e. The topological polar surface area (TPSA) is 58.2 Å². The molecule has 3 heteroatoms. The minimum Gasteiger partial charge on any atom is -0.459 e. The van der Waals surface area contributed by atoms with Gasteiger partial charge in [-0.1, -0.05) is 48.5 Å². The average Bonchev–Trinajstić information content (AvgIpc) is 2.61. The molecule has 2 aromatic carbocycles. The first-order valence-corrected chi connectivity index (χ1v) is 7.55. The maximum Gasteiger partial charge on any atom is 0.382 e. The molecule has 2 N–H and O–H groups in total. The maximum absolute atomic E-state index is 10.2. The molecule has 1 aromatic heterocycles. The van der Waals surface area contributed by atoms with Crippen LogP contribution in [0.4, 0.5) is 0 Å². The number of hydrogen-bond acceptors (Lipinski definition) is 2. The first-order chi connectivity index (χ1) is 11.3. The number of nitrogens with zero attached hydrogens (tertiary/aromatic N) is 1. The van der Waals surface area contributed by atoms with E-state index in [-0.39, 0.29) is 5.88 Å². The number of aryl methyl sites for hydroxylation is 2. The van der Waals surface area contributed by atoms with Crippen molar-refractivity contribution in [2.75, 3.05) is 0 Å². The van der Waals surface area contributed by atoms with Crippen LogP contribution in [0.2, 0.25) is 0 Å². The summed E-state index contributed by atoms with van der Waals surface area (Å²) in [4.78, 5) is 2.91. The summed E-state index contributed by atoms with van der Waals surface area (Å²) in [5.74, 6) is -0.0723. The lowest BCUT2D eigenvalue weighted by Crippen LogP contribution is -2.11. The highest BCUT2D eigenvalue weighted by Gasteiger charge is 2.18. The van der Waals surface area contributed by atoms with Crippen LogP contribution in [0.1, 0.15) is 16.7 Å². The molecule has 0 amide bonds. The van der Waals surface area contributed by atoms with Gasteiger partial charge in [-0.3, -0.25) is 0 Å². The molecule has 1 heterocycles. The molecule has 0 saturated carbocycles. The molecule has 0 aliphatic carbocycles. The SMILES string of the molecule is N#Cc1c(CCc2ccccc2)cc(-c2ccccc2)[nH+]c1O. The minimum absolute atomic E-state index is 0.0723. The number of nitriles is 1. The number of nitrogens with one attached hydrogen (secondary N) is 1. The standard InChI is InChI=1S/C20H16N2O/c21-14-18-17(12-11-15-7-3-1-4-8-15)13-19(22-20(18)23)16-9-5-2-6-10-16/h1-10,13H,11-12H2,(H,22,23)/p+1. The molecular weight excluding hydrogens is 284 g/mol. The van der Waals surface area contributed by atoms with Gasteiger partial charge in [0.05, 0.1) is 0 Å². The summed E-state index contributed by atoms with van der Waals surface area (Å²) in [6.07, 6.45) is 1.53. The number of pyridine rings is 1. The van der Waals surface area contributed by atoms with Gasteiger partial charge in [-0.05, 0) is 36.1 Å². The van der Waals surface area contributed by atoms with Gasteiger partial charge in [0.25, 0.3) is 0 Å². The Morgan fingerprint density at radius 1 is 0.913 bits per heavy atom. The van der Waals surface area contributed by atoms with Crippen LogP contribution in [0.25, 0.3) is 11.3 Å². The fraction of sp³-hybridized carbons (Fsp3) is 0.100. The molecule has 0 bridgehead atoms. The van der Waals surface area contributed by atoms with Crippen LogP contribution in [-0.2, 0) is 12.8 Å². The molecule has 0 aliphatic heterocycles. The third kappa shape index (κ3) is 3.38. The maximum atomic E-state index is 10.2. The van der Waals surface area contributed by atoms with E-state index in [1.54, 1.807) is 0 Å². The molecule has 0 aliphatic rings. The molecule has 0 atom stereocenters. The summed E-state index contributed by atoms with van der Waals surface area (Å²) < 4.78 is 0. The van der Waals surface area contributed by atoms with Crippen molar-refractivity contribution in [2.45, 2.75) is 12.8 Å². The normalized spacial score (nSPS) is 10.2. The van der Waals surface area contributed by atoms with E-state index in [9.17, 15) is 10.4 Å². The summed E-state index contributed by atoms with van der Waals surface area (Å²) in [5, 5.41) is 19.5. The lowest BCUT2D eigenvalue weighted by Gasteiger charge is -2.05. The summed E-state index contributed by atoms with van der Waals surface area (Å²) in [6.45, 7) is 0. The molecule has 0 unspecified atom stereocenters. The zero-order chi connectivity index (χ0) is 16.1. The van der Waals surface area contributed by atoms with Crippen LogP contribution in [0.3, 0.4) is 0 Å². The van der Waals surface area contributed by atoms with E-state index in [0.29, 0.717) is 12.0 Å². The van der Waals surface area contributed by atoms with Crippen molar-refractivity contribution in [3.63, 3.8) is 0 Å². The van der Waals surface area contributed by atoms with Crippen molar-refractivity contribution in [2.24, 2.45) is 0 Å². The Hall–Kier alpha value is -3.12. The summed E-state index contributed by atoms with van der Waals surface area (Å²) >= 11 is 0. The Balaban J connectivity index is 1.94. The van der Waals surface area contributed by atoms with Crippen molar-refractivity contribution < 1.29 is 10.1 Å². The molecule has 3 rings (SSSR count). The van der Waals surface area contributed by atoms with Gasteiger partial charge in [0.2, 0.25) is 5.69 Å². The van der Waals surface area contributed by atoms with Gasteiger partial charge in [0, 0.05) is 11.6 Å². The fourth-order valence-corrected chi connectivity index (χ4v) is 2.64. The molecule has 3 aromatic rings. The number of benzene rings is 2. The zero-order valence-corrected chi connectivity index (χ0v) is 12.7. The molecular formula is C20H17N2O+. The predicted molar refractivity (Wildman–Crippen MR) is 88.7 cm³/mol. The first kappa shape index (κ1) is 14.8. The Morgan fingerprint density at radius 2 is 1.57 bits per heavy atom. The van der Waals surface area contributed by atoms with E-state index in [2.05, 4.69) is 23.2 Å². The lowest BCUT2D eigenvalue weighted by atomic mass is 9.99. The van der Waals surface area contributed by atoms with Crippen LogP contribution in [0.15, 0.2) is 66.7 Å². The second-order valence-corrected chi connectivity index (χ2v) is 5.40. The van der Waals surface area contributed by atoms with E-state index in [4.69, 9.17) is 0 Å². The van der Waals surface area contributed by atoms with Crippen molar-refractivity contribution >= 4 is 0 Å². The molecule has 112 valence electrons. The average molecular weight is 301 g/mol. The third-order valence-electron chi connectivity index (χ3n) is 3.85. The highest BCUT2D eigenvalue weighted by Crippen LogP contribution is 2.23. The number of hydrogen-bond donors (Lipinski definition) is 1. The van der Waals surface area contributed by atoms with E-state index >= 15 is 0 Å². The first-order valence-electron chi connectivity index (χ1n) is 7.55. The van der Waals surface area contributed by atoms with Crippen molar-refractivity contribution in [1.29, 1.82) is 5.26 Å². The quantitative estimate of drug-likeness (QED) is 0.801. The van der Waals surface area contributed by atoms with E-state index < -0.39 is 0 Å². The van der Waals surface area contributed by atoms with Crippen LogP contribution in [0.5, 0.6) is 5.88 Å². The largest absolute Gasteiger partial charge is 0.459 e. The number of rotatable bonds is 4. The molecule has 23 heavy (non-hydrogen) atoms. The summed E-state index contributed by atoms with van der Waals surface area (Å²) in [5.41, 5.74) is 4.18. The highest BCUT2D eigenvalue weighted by atomic mass is 16.3. The number of aromatic nitrogens is 1. The van der Waals surface area contributed by atoms with E-state index in [1.165, 1.54) is 5.56 Å². The highest BCUT2D eigenvalue weighted by molar-refractivity contribution is 5.59. The second kappa shape index (κ2) is 6.76. The van der Waals surface area contributed by atoms with Crippen LogP contribution in [0, 0.1) is 11.3 Å². The van der Waals surface area contributed by atoms with Crippen LogP contribution in [-0.4, -0.2) is 5.11 Å². The Bertz CT molecular complexity index is 837. The van der Waals surface area contributed by atoms with Crippen molar-refractivity contribution in [3.05, 3.63) is 83.4 Å². The number of H-pyrrole nitrogens is 1. The Morgan fingerprint density at radius 3 is 2.22 bits per heavy atom. The van der Waals surface area contributed by atoms with Gasteiger partial charge >= 0.3 is 5.88 Å². The molecule has 3 nitrogen and oxygen atoms in total. The zero-order valence-electron chi connectivity index (χ0n) is 12.7. The van der Waals surface area contributed by atoms with Gasteiger partial charge in [-0.25, -0.2) is 0 Å². The second-order valence-electron chi connectivity index (χ2n) is 5.40. The molecule has 0 radical (unpaired) electrons. The lowest BCUT2D eigenvalue weighted by molar-refractivity contribution is -0.382. The van der Waals surface area contributed by atoms with E-state index in [0.717, 1.165) is 23.2 Å². The Labute approximate surface area is 135 Å². The summed E-state index contributed by atoms with van der Waals surface area (Å²) in [7, 11) is 0. The fourth-order valence-electron chi connectivity index (χ4n) is 2.64. The van der Waals surface area contributed by atoms with E-state index in [1.807, 2.05) is 54.6 Å². The van der Waals surface area contributed by atoms with Gasteiger partial charge in [-0.2, -0.15) is 10.2 Å². The van der Waals surface area contributed by atoms with Gasteiger partial charge in [0.15, 0.2) is 5.56 Å². The molecule has 0 fully saturated rings. The number of aromatic hydroxyl groups is 1. The predicted octanol–water partition coefficient (Wildman–Crippen LogP) is 3.53. The monoisotopic (exact) mass is 301 g/mol. The number of aromatic amines is 1. The van der Waals surface area contributed by atoms with Crippen molar-refractivity contribution in [3.8, 4) is 23.2 Å². The Kier molecular flexibility index (Phi) is 4.35.